The van der Waals surface area contributed by atoms with E-state index in [0.29, 0.717) is 49.5 Å². The molecule has 0 aliphatic carbocycles. The van der Waals surface area contributed by atoms with Crippen LogP contribution in [0.4, 0.5) is 0 Å². The van der Waals surface area contributed by atoms with Gasteiger partial charge in [0.25, 0.3) is 5.91 Å². The molecule has 0 spiro atoms. The van der Waals surface area contributed by atoms with Gasteiger partial charge >= 0.3 is 0 Å². The van der Waals surface area contributed by atoms with Gasteiger partial charge in [0.05, 0.1) is 17.3 Å². The number of aliphatic imine (C=N–C) groups is 1. The van der Waals surface area contributed by atoms with Gasteiger partial charge in [0, 0.05) is 45.3 Å². The molecule has 1 heterocycles. The van der Waals surface area contributed by atoms with E-state index >= 15 is 0 Å². The van der Waals surface area contributed by atoms with Gasteiger partial charge in [-0.1, -0.05) is 72.8 Å². The van der Waals surface area contributed by atoms with Crippen molar-refractivity contribution < 1.29 is 32.5 Å². The molecule has 10 nitrogen and oxygen atoms in total. The topological polar surface area (TPSA) is 136 Å². The quantitative estimate of drug-likeness (QED) is 0.107. The second-order valence-corrected chi connectivity index (χ2v) is 13.5. The lowest BCUT2D eigenvalue weighted by Gasteiger charge is -2.30. The number of sulfone groups is 1. The van der Waals surface area contributed by atoms with Gasteiger partial charge in [-0.2, -0.15) is 0 Å². The summed E-state index contributed by atoms with van der Waals surface area (Å²) in [5, 5.41) is 9.08. The zero-order valence-electron chi connectivity index (χ0n) is 26.9. The van der Waals surface area contributed by atoms with E-state index in [-0.39, 0.29) is 29.6 Å². The molecule has 11 heteroatoms. The van der Waals surface area contributed by atoms with Crippen LogP contribution in [-0.4, -0.2) is 70.1 Å². The number of aliphatic hydroxyl groups is 1. The fourth-order valence-electron chi connectivity index (χ4n) is 5.44. The van der Waals surface area contributed by atoms with E-state index in [0.717, 1.165) is 11.1 Å². The monoisotopic (exact) mass is 671 g/mol. The number of aliphatic hydroxyl groups excluding tert-OH is 1. The fourth-order valence-corrected chi connectivity index (χ4v) is 6.83. The summed E-state index contributed by atoms with van der Waals surface area (Å²) in [5.74, 6) is -0.0400. The standard InChI is InChI=1S/C37H41N3O7S/c1-45-25-8-23-38-40-36(42)37(22-27-48(43,44)33-12-6-3-7-13-33)34(30-16-14-29(15-17-30)28-10-4-2-5-11-28)47-35(39-37)31-18-20-32(21-19-31)46-26-9-24-41/h2-7,10-21,34,38,41H,8-9,22-27H2,1H3,(H,40,42)/t34-,37-/m0/s1. The SMILES string of the molecule is COCCCNNC(=O)[C@@]1(CCS(=O)(=O)c2ccccc2)N=C(c2ccc(OCCCO)cc2)O[C@H]1c1ccc(-c2ccccc2)cc1. The Bertz CT molecular complexity index is 1750. The number of methoxy groups -OCH3 is 1. The van der Waals surface area contributed by atoms with Gasteiger partial charge in [-0.15, -0.1) is 0 Å². The van der Waals surface area contributed by atoms with Crippen LogP contribution in [0.1, 0.15) is 36.5 Å². The lowest BCUT2D eigenvalue weighted by Crippen LogP contribution is -2.53. The van der Waals surface area contributed by atoms with Crippen LogP contribution in [0.25, 0.3) is 11.1 Å². The van der Waals surface area contributed by atoms with Crippen LogP contribution >= 0.6 is 0 Å². The van der Waals surface area contributed by atoms with Crippen LogP contribution in [0.2, 0.25) is 0 Å². The maximum absolute atomic E-state index is 14.3. The van der Waals surface area contributed by atoms with E-state index in [1.54, 1.807) is 61.7 Å². The third-order valence-corrected chi connectivity index (χ3v) is 9.79. The molecule has 0 bridgehead atoms. The second kappa shape index (κ2) is 16.5. The van der Waals surface area contributed by atoms with Crippen molar-refractivity contribution in [1.82, 2.24) is 10.9 Å². The molecule has 0 saturated carbocycles. The summed E-state index contributed by atoms with van der Waals surface area (Å²) in [4.78, 5) is 19.4. The normalized spacial score (nSPS) is 17.4. The molecule has 252 valence electrons. The number of carbonyl (C=O) groups excluding carboxylic acids is 1. The highest BCUT2D eigenvalue weighted by molar-refractivity contribution is 7.91. The molecule has 3 N–H and O–H groups in total. The number of nitrogens with one attached hydrogen (secondary N) is 2. The van der Waals surface area contributed by atoms with Gasteiger partial charge in [-0.25, -0.2) is 18.8 Å². The molecule has 4 aromatic rings. The number of carbonyl (C=O) groups is 1. The lowest BCUT2D eigenvalue weighted by molar-refractivity contribution is -0.130. The predicted molar refractivity (Wildman–Crippen MR) is 184 cm³/mol. The Morgan fingerprint density at radius 2 is 1.50 bits per heavy atom. The minimum Gasteiger partial charge on any atom is -0.494 e. The highest BCUT2D eigenvalue weighted by Crippen LogP contribution is 2.43. The average Bonchev–Trinajstić information content (AvgIpc) is 3.53. The van der Waals surface area contributed by atoms with E-state index in [1.165, 1.54) is 0 Å². The first-order chi connectivity index (χ1) is 23.4. The third kappa shape index (κ3) is 8.48. The minimum absolute atomic E-state index is 0.0296. The minimum atomic E-state index is -3.78. The molecular weight excluding hydrogens is 630 g/mol. The number of hydrazine groups is 1. The van der Waals surface area contributed by atoms with Gasteiger partial charge < -0.3 is 19.3 Å². The molecule has 5 rings (SSSR count). The summed E-state index contributed by atoms with van der Waals surface area (Å²) in [6.07, 6.45) is 0.0661. The molecule has 1 aliphatic rings. The molecule has 1 amide bonds. The molecule has 0 saturated heterocycles. The smallest absolute Gasteiger partial charge is 0.266 e. The van der Waals surface area contributed by atoms with Crippen molar-refractivity contribution in [1.29, 1.82) is 0 Å². The molecule has 0 fully saturated rings. The fraction of sp³-hybridized carbons (Fsp3) is 0.297. The number of rotatable bonds is 17. The zero-order chi connectivity index (χ0) is 33.8. The van der Waals surface area contributed by atoms with Gasteiger partial charge in [0.15, 0.2) is 21.5 Å². The summed E-state index contributed by atoms with van der Waals surface area (Å²) >= 11 is 0. The van der Waals surface area contributed by atoms with Crippen molar-refractivity contribution >= 4 is 21.6 Å². The van der Waals surface area contributed by atoms with Crippen LogP contribution in [0.5, 0.6) is 5.75 Å². The largest absolute Gasteiger partial charge is 0.494 e. The summed E-state index contributed by atoms with van der Waals surface area (Å²) in [5.41, 5.74) is 7.38. The van der Waals surface area contributed by atoms with Gasteiger partial charge in [0.1, 0.15) is 5.75 Å². The third-order valence-electron chi connectivity index (χ3n) is 8.06. The van der Waals surface area contributed by atoms with Gasteiger partial charge in [-0.3, -0.25) is 10.2 Å². The van der Waals surface area contributed by atoms with Crippen LogP contribution in [0.15, 0.2) is 119 Å². The summed E-state index contributed by atoms with van der Waals surface area (Å²) in [6.45, 7) is 1.33. The van der Waals surface area contributed by atoms with Crippen molar-refractivity contribution in [2.75, 3.05) is 39.2 Å². The highest BCUT2D eigenvalue weighted by Gasteiger charge is 2.53. The van der Waals surface area contributed by atoms with Crippen molar-refractivity contribution in [2.24, 2.45) is 4.99 Å². The first-order valence-electron chi connectivity index (χ1n) is 15.9. The molecule has 48 heavy (non-hydrogen) atoms. The Hall–Kier alpha value is -4.55. The number of hydrogen-bond donors (Lipinski definition) is 3. The maximum Gasteiger partial charge on any atom is 0.266 e. The van der Waals surface area contributed by atoms with Crippen molar-refractivity contribution in [3.8, 4) is 16.9 Å². The first-order valence-corrected chi connectivity index (χ1v) is 17.6. The predicted octanol–water partition coefficient (Wildman–Crippen LogP) is 4.89. The summed E-state index contributed by atoms with van der Waals surface area (Å²) < 4.78 is 44.4. The molecule has 4 aromatic carbocycles. The van der Waals surface area contributed by atoms with E-state index in [1.807, 2.05) is 54.6 Å². The lowest BCUT2D eigenvalue weighted by atomic mass is 9.84. The Labute approximate surface area is 281 Å². The van der Waals surface area contributed by atoms with Crippen LogP contribution in [0, 0.1) is 0 Å². The second-order valence-electron chi connectivity index (χ2n) is 11.4. The summed E-state index contributed by atoms with van der Waals surface area (Å²) in [7, 11) is -2.17. The summed E-state index contributed by atoms with van der Waals surface area (Å²) in [6, 6.07) is 32.9. The maximum atomic E-state index is 14.3. The van der Waals surface area contributed by atoms with E-state index in [2.05, 4.69) is 10.9 Å². The Balaban J connectivity index is 1.53. The first kappa shape index (κ1) is 34.8. The number of amides is 1. The van der Waals surface area contributed by atoms with Crippen LogP contribution in [-0.2, 0) is 24.1 Å². The van der Waals surface area contributed by atoms with Gasteiger partial charge in [-0.05, 0) is 59.5 Å². The Morgan fingerprint density at radius 1 is 0.854 bits per heavy atom. The van der Waals surface area contributed by atoms with Crippen molar-refractivity contribution in [2.45, 2.75) is 35.8 Å². The Morgan fingerprint density at radius 3 is 2.17 bits per heavy atom. The number of nitrogens with zero attached hydrogens (tertiary/aromatic N) is 1. The van der Waals surface area contributed by atoms with Crippen molar-refractivity contribution in [3.05, 3.63) is 120 Å². The number of ether oxygens (including phenoxy) is 3. The number of benzene rings is 4. The molecule has 0 unspecified atom stereocenters. The van der Waals surface area contributed by atoms with E-state index in [4.69, 9.17) is 24.3 Å². The Kier molecular flexibility index (Phi) is 12.0. The molecule has 0 aromatic heterocycles. The zero-order valence-corrected chi connectivity index (χ0v) is 27.7. The van der Waals surface area contributed by atoms with Crippen LogP contribution < -0.4 is 15.6 Å². The molecule has 0 radical (unpaired) electrons. The highest BCUT2D eigenvalue weighted by atomic mass is 32.2. The van der Waals surface area contributed by atoms with Gasteiger partial charge in [0.2, 0.25) is 5.90 Å². The van der Waals surface area contributed by atoms with Crippen molar-refractivity contribution in [3.63, 3.8) is 0 Å². The molecule has 1 aliphatic heterocycles. The average molecular weight is 672 g/mol. The van der Waals surface area contributed by atoms with E-state index in [9.17, 15) is 13.2 Å². The van der Waals surface area contributed by atoms with E-state index < -0.39 is 27.4 Å². The molecular formula is C37H41N3O7S. The molecule has 2 atom stereocenters. The number of hydrogen-bond acceptors (Lipinski definition) is 9. The van der Waals surface area contributed by atoms with Crippen LogP contribution in [0.3, 0.4) is 0 Å².